The molecule has 5 heteroatoms. The maximum Gasteiger partial charge on any atom is 0.251 e. The number of halogens is 1. The van der Waals surface area contributed by atoms with Crippen molar-refractivity contribution in [2.24, 2.45) is 5.92 Å². The average molecular weight is 387 g/mol. The van der Waals surface area contributed by atoms with Gasteiger partial charge in [-0.3, -0.25) is 9.59 Å². The molecule has 2 rings (SSSR count). The number of hydrogen-bond donors (Lipinski definition) is 2. The first kappa shape index (κ1) is 21.0. The molecule has 2 aromatic carbocycles. The second kappa shape index (κ2) is 10.1. The number of amides is 2. The van der Waals surface area contributed by atoms with Gasteiger partial charge in [0.05, 0.1) is 6.04 Å². The Morgan fingerprint density at radius 2 is 1.63 bits per heavy atom. The van der Waals surface area contributed by atoms with Crippen LogP contribution in [0.4, 0.5) is 0 Å². The Labute approximate surface area is 166 Å². The summed E-state index contributed by atoms with van der Waals surface area (Å²) in [6, 6.07) is 15.0. The van der Waals surface area contributed by atoms with Crippen LogP contribution in [0, 0.1) is 5.92 Å². The van der Waals surface area contributed by atoms with Crippen molar-refractivity contribution in [2.75, 3.05) is 6.54 Å². The quantitative estimate of drug-likeness (QED) is 0.699. The Hall–Kier alpha value is -2.33. The van der Waals surface area contributed by atoms with Gasteiger partial charge in [0.25, 0.3) is 5.91 Å². The number of aryl methyl sites for hydroxylation is 1. The van der Waals surface area contributed by atoms with Crippen molar-refractivity contribution in [1.82, 2.24) is 10.6 Å². The molecular formula is C22H27ClN2O2. The van der Waals surface area contributed by atoms with Gasteiger partial charge in [0.1, 0.15) is 0 Å². The lowest BCUT2D eigenvalue weighted by Gasteiger charge is -2.23. The lowest BCUT2D eigenvalue weighted by atomic mass is 9.94. The normalized spacial score (nSPS) is 11.9. The van der Waals surface area contributed by atoms with Crippen LogP contribution >= 0.6 is 11.6 Å². The van der Waals surface area contributed by atoms with Crippen molar-refractivity contribution >= 4 is 23.4 Å². The van der Waals surface area contributed by atoms with Gasteiger partial charge in [-0.1, -0.05) is 56.6 Å². The first-order valence-corrected chi connectivity index (χ1v) is 9.70. The zero-order valence-electron chi connectivity index (χ0n) is 16.1. The van der Waals surface area contributed by atoms with Gasteiger partial charge in [-0.15, -0.1) is 0 Å². The standard InChI is InChI=1S/C22H27ClN2O2/c1-4-16-5-7-17(8-6-16)21(15(2)3)25-20(26)13-14-24-22(27)18-9-11-19(23)12-10-18/h5-12,15,21H,4,13-14H2,1-3H3,(H,24,27)(H,25,26). The summed E-state index contributed by atoms with van der Waals surface area (Å²) in [5, 5.41) is 6.43. The van der Waals surface area contributed by atoms with Gasteiger partial charge >= 0.3 is 0 Å². The predicted molar refractivity (Wildman–Crippen MR) is 110 cm³/mol. The molecular weight excluding hydrogens is 360 g/mol. The number of hydrogen-bond acceptors (Lipinski definition) is 2. The highest BCUT2D eigenvalue weighted by Gasteiger charge is 2.18. The molecule has 2 N–H and O–H groups in total. The lowest BCUT2D eigenvalue weighted by Crippen LogP contribution is -2.34. The zero-order valence-corrected chi connectivity index (χ0v) is 16.8. The topological polar surface area (TPSA) is 58.2 Å². The Bertz CT molecular complexity index is 755. The third kappa shape index (κ3) is 6.40. The third-order valence-corrected chi connectivity index (χ3v) is 4.73. The molecule has 1 atom stereocenters. The van der Waals surface area contributed by atoms with Gasteiger partial charge in [-0.2, -0.15) is 0 Å². The molecule has 0 fully saturated rings. The van der Waals surface area contributed by atoms with E-state index in [0.717, 1.165) is 12.0 Å². The van der Waals surface area contributed by atoms with Crippen molar-refractivity contribution in [3.63, 3.8) is 0 Å². The van der Waals surface area contributed by atoms with Crippen molar-refractivity contribution in [3.8, 4) is 0 Å². The predicted octanol–water partition coefficient (Wildman–Crippen LogP) is 4.54. The lowest BCUT2D eigenvalue weighted by molar-refractivity contribution is -0.122. The van der Waals surface area contributed by atoms with E-state index in [1.807, 2.05) is 0 Å². The Morgan fingerprint density at radius 3 is 2.19 bits per heavy atom. The number of carbonyl (C=O) groups is 2. The molecule has 0 saturated carbocycles. The fraction of sp³-hybridized carbons (Fsp3) is 0.364. The van der Waals surface area contributed by atoms with E-state index in [2.05, 4.69) is 55.7 Å². The zero-order chi connectivity index (χ0) is 19.8. The molecule has 4 nitrogen and oxygen atoms in total. The van der Waals surface area contributed by atoms with E-state index in [0.29, 0.717) is 10.6 Å². The summed E-state index contributed by atoms with van der Waals surface area (Å²) in [7, 11) is 0. The molecule has 2 amide bonds. The van der Waals surface area contributed by atoms with E-state index in [4.69, 9.17) is 11.6 Å². The van der Waals surface area contributed by atoms with Crippen LogP contribution in [0.25, 0.3) is 0 Å². The van der Waals surface area contributed by atoms with E-state index >= 15 is 0 Å². The fourth-order valence-corrected chi connectivity index (χ4v) is 2.96. The van der Waals surface area contributed by atoms with E-state index in [1.54, 1.807) is 24.3 Å². The van der Waals surface area contributed by atoms with E-state index in [-0.39, 0.29) is 36.7 Å². The van der Waals surface area contributed by atoms with Crippen LogP contribution in [0.15, 0.2) is 48.5 Å². The number of nitrogens with one attached hydrogen (secondary N) is 2. The van der Waals surface area contributed by atoms with Crippen molar-refractivity contribution in [1.29, 1.82) is 0 Å². The smallest absolute Gasteiger partial charge is 0.251 e. The van der Waals surface area contributed by atoms with Crippen LogP contribution in [0.1, 0.15) is 54.7 Å². The van der Waals surface area contributed by atoms with Crippen LogP contribution in [0.3, 0.4) is 0 Å². The second-order valence-corrected chi connectivity index (χ2v) is 7.33. The van der Waals surface area contributed by atoms with Gasteiger partial charge in [0.2, 0.25) is 5.91 Å². The van der Waals surface area contributed by atoms with E-state index < -0.39 is 0 Å². The molecule has 0 aliphatic carbocycles. The van der Waals surface area contributed by atoms with Gasteiger partial charge in [-0.05, 0) is 47.7 Å². The second-order valence-electron chi connectivity index (χ2n) is 6.90. The molecule has 2 aromatic rings. The molecule has 0 aromatic heterocycles. The summed E-state index contributed by atoms with van der Waals surface area (Å²) >= 11 is 5.82. The van der Waals surface area contributed by atoms with Crippen molar-refractivity contribution < 1.29 is 9.59 Å². The van der Waals surface area contributed by atoms with Gasteiger partial charge in [0.15, 0.2) is 0 Å². The number of carbonyl (C=O) groups excluding carboxylic acids is 2. The molecule has 1 unspecified atom stereocenters. The molecule has 0 radical (unpaired) electrons. The molecule has 0 bridgehead atoms. The van der Waals surface area contributed by atoms with Crippen LogP contribution in [-0.4, -0.2) is 18.4 Å². The molecule has 0 aliphatic rings. The highest BCUT2D eigenvalue weighted by molar-refractivity contribution is 6.30. The third-order valence-electron chi connectivity index (χ3n) is 4.47. The van der Waals surface area contributed by atoms with E-state index in [9.17, 15) is 9.59 Å². The van der Waals surface area contributed by atoms with Gasteiger partial charge in [-0.25, -0.2) is 0 Å². The van der Waals surface area contributed by atoms with Crippen LogP contribution in [0.5, 0.6) is 0 Å². The van der Waals surface area contributed by atoms with E-state index in [1.165, 1.54) is 5.56 Å². The van der Waals surface area contributed by atoms with Gasteiger partial charge in [0, 0.05) is 23.6 Å². The minimum absolute atomic E-state index is 0.0460. The van der Waals surface area contributed by atoms with Gasteiger partial charge < -0.3 is 10.6 Å². The Balaban J connectivity index is 1.86. The Morgan fingerprint density at radius 1 is 1.00 bits per heavy atom. The first-order valence-electron chi connectivity index (χ1n) is 9.32. The summed E-state index contributed by atoms with van der Waals surface area (Å²) in [6.07, 6.45) is 1.22. The maximum atomic E-state index is 12.3. The van der Waals surface area contributed by atoms with Crippen molar-refractivity contribution in [2.45, 2.75) is 39.7 Å². The van der Waals surface area contributed by atoms with Crippen molar-refractivity contribution in [3.05, 3.63) is 70.2 Å². The molecule has 0 saturated heterocycles. The number of rotatable bonds is 8. The van der Waals surface area contributed by atoms with Crippen LogP contribution in [0.2, 0.25) is 5.02 Å². The first-order chi connectivity index (χ1) is 12.9. The Kier molecular flexibility index (Phi) is 7.86. The summed E-state index contributed by atoms with van der Waals surface area (Å²) in [6.45, 7) is 6.57. The minimum atomic E-state index is -0.213. The van der Waals surface area contributed by atoms with Crippen LogP contribution in [-0.2, 0) is 11.2 Å². The average Bonchev–Trinajstić information content (AvgIpc) is 2.66. The monoisotopic (exact) mass is 386 g/mol. The number of benzene rings is 2. The molecule has 27 heavy (non-hydrogen) atoms. The fourth-order valence-electron chi connectivity index (χ4n) is 2.83. The largest absolute Gasteiger partial charge is 0.352 e. The van der Waals surface area contributed by atoms with Crippen LogP contribution < -0.4 is 10.6 Å². The summed E-state index contributed by atoms with van der Waals surface area (Å²) in [5.41, 5.74) is 2.90. The maximum absolute atomic E-state index is 12.3. The molecule has 0 heterocycles. The summed E-state index contributed by atoms with van der Waals surface area (Å²) in [5.74, 6) is -0.0233. The summed E-state index contributed by atoms with van der Waals surface area (Å²) in [4.78, 5) is 24.4. The SMILES string of the molecule is CCc1ccc(C(NC(=O)CCNC(=O)c2ccc(Cl)cc2)C(C)C)cc1. The molecule has 0 spiro atoms. The minimum Gasteiger partial charge on any atom is -0.352 e. The molecule has 144 valence electrons. The highest BCUT2D eigenvalue weighted by atomic mass is 35.5. The summed E-state index contributed by atoms with van der Waals surface area (Å²) < 4.78 is 0. The molecule has 0 aliphatic heterocycles. The highest BCUT2D eigenvalue weighted by Crippen LogP contribution is 2.22.